The van der Waals surface area contributed by atoms with Crippen molar-refractivity contribution in [3.05, 3.63) is 89.9 Å². The summed E-state index contributed by atoms with van der Waals surface area (Å²) in [6, 6.07) is 14.7. The Bertz CT molecular complexity index is 1440. The Morgan fingerprint density at radius 2 is 1.73 bits per heavy atom. The first-order valence-electron chi connectivity index (χ1n) is 10.4. The number of benzene rings is 1. The standard InChI is InChI=1S/C25H18FN5O2/c1-14-8-16(6-7-28-14)20-10-19-22(12-29-20)33-21-4-2-15(17-3-5-23(26)30-11-17)9-18(21)25(19)13-32-24(27)31-25/h2-12H,13H2,1H3,(H2,27,31)/t25-/m0/s1. The third kappa shape index (κ3) is 3.10. The first-order valence-corrected chi connectivity index (χ1v) is 10.4. The molecule has 2 aliphatic rings. The van der Waals surface area contributed by atoms with E-state index in [1.807, 2.05) is 43.3 Å². The predicted octanol–water partition coefficient (Wildman–Crippen LogP) is 4.35. The highest BCUT2D eigenvalue weighted by molar-refractivity contribution is 5.78. The molecular weight excluding hydrogens is 421 g/mol. The summed E-state index contributed by atoms with van der Waals surface area (Å²) in [7, 11) is 0. The van der Waals surface area contributed by atoms with E-state index >= 15 is 0 Å². The molecule has 0 amide bonds. The molecule has 0 fully saturated rings. The molecule has 0 radical (unpaired) electrons. The van der Waals surface area contributed by atoms with Gasteiger partial charge in [0, 0.05) is 40.3 Å². The molecule has 2 N–H and O–H groups in total. The summed E-state index contributed by atoms with van der Waals surface area (Å²) in [5.74, 6) is 0.700. The summed E-state index contributed by atoms with van der Waals surface area (Å²) in [6.07, 6.45) is 4.95. The number of pyridine rings is 3. The van der Waals surface area contributed by atoms with Crippen LogP contribution in [0.5, 0.6) is 11.5 Å². The highest BCUT2D eigenvalue weighted by Crippen LogP contribution is 2.52. The quantitative estimate of drug-likeness (QED) is 0.467. The van der Waals surface area contributed by atoms with Crippen LogP contribution in [-0.2, 0) is 10.3 Å². The average Bonchev–Trinajstić information content (AvgIpc) is 3.22. The van der Waals surface area contributed by atoms with Crippen LogP contribution in [0.25, 0.3) is 22.4 Å². The third-order valence-electron chi connectivity index (χ3n) is 5.94. The molecule has 0 saturated heterocycles. The van der Waals surface area contributed by atoms with Gasteiger partial charge >= 0.3 is 0 Å². The number of ether oxygens (including phenoxy) is 2. The van der Waals surface area contributed by atoms with Crippen molar-refractivity contribution in [2.24, 2.45) is 10.7 Å². The second-order valence-corrected chi connectivity index (χ2v) is 8.03. The van der Waals surface area contributed by atoms with Gasteiger partial charge < -0.3 is 15.2 Å². The SMILES string of the molecule is Cc1cc(-c2cc3c(cn2)Oc2ccc(-c4ccc(F)nc4)cc2[C@@]32COC(N)=N2)ccn1. The van der Waals surface area contributed by atoms with E-state index in [9.17, 15) is 4.39 Å². The molecule has 4 aromatic rings. The second-order valence-electron chi connectivity index (χ2n) is 8.03. The monoisotopic (exact) mass is 439 g/mol. The molecule has 162 valence electrons. The lowest BCUT2D eigenvalue weighted by Gasteiger charge is -2.33. The molecule has 2 aliphatic heterocycles. The van der Waals surface area contributed by atoms with E-state index in [-0.39, 0.29) is 12.6 Å². The number of halogens is 1. The van der Waals surface area contributed by atoms with Crippen molar-refractivity contribution in [1.82, 2.24) is 15.0 Å². The van der Waals surface area contributed by atoms with Crippen LogP contribution in [0.2, 0.25) is 0 Å². The van der Waals surface area contributed by atoms with Gasteiger partial charge in [0.2, 0.25) is 5.95 Å². The van der Waals surface area contributed by atoms with Crippen molar-refractivity contribution in [2.75, 3.05) is 6.61 Å². The number of rotatable bonds is 2. The van der Waals surface area contributed by atoms with Gasteiger partial charge in [0.05, 0.1) is 11.9 Å². The highest BCUT2D eigenvalue weighted by atomic mass is 19.1. The predicted molar refractivity (Wildman–Crippen MR) is 120 cm³/mol. The van der Waals surface area contributed by atoms with Gasteiger partial charge in [0.15, 0.2) is 11.3 Å². The Morgan fingerprint density at radius 1 is 0.879 bits per heavy atom. The van der Waals surface area contributed by atoms with Crippen LogP contribution < -0.4 is 10.5 Å². The van der Waals surface area contributed by atoms with E-state index in [2.05, 4.69) is 15.0 Å². The number of hydrogen-bond acceptors (Lipinski definition) is 7. The number of fused-ring (bicyclic) bond motifs is 4. The number of hydrogen-bond donors (Lipinski definition) is 1. The highest BCUT2D eigenvalue weighted by Gasteiger charge is 2.47. The molecule has 0 unspecified atom stereocenters. The largest absolute Gasteiger partial charge is 0.462 e. The molecule has 6 rings (SSSR count). The fourth-order valence-electron chi connectivity index (χ4n) is 4.35. The van der Waals surface area contributed by atoms with Crippen LogP contribution >= 0.6 is 0 Å². The van der Waals surface area contributed by atoms with Crippen LogP contribution in [0.3, 0.4) is 0 Å². The van der Waals surface area contributed by atoms with Crippen LogP contribution in [0.1, 0.15) is 16.8 Å². The summed E-state index contributed by atoms with van der Waals surface area (Å²) in [5, 5.41) is 0. The van der Waals surface area contributed by atoms with Crippen molar-refractivity contribution in [1.29, 1.82) is 0 Å². The Balaban J connectivity index is 1.54. The maximum atomic E-state index is 13.3. The zero-order chi connectivity index (χ0) is 22.6. The Kier molecular flexibility index (Phi) is 4.16. The van der Waals surface area contributed by atoms with Crippen LogP contribution in [-0.4, -0.2) is 27.6 Å². The van der Waals surface area contributed by atoms with E-state index in [0.29, 0.717) is 11.5 Å². The first-order chi connectivity index (χ1) is 16.0. The van der Waals surface area contributed by atoms with E-state index < -0.39 is 11.5 Å². The van der Waals surface area contributed by atoms with Crippen molar-refractivity contribution >= 4 is 6.02 Å². The Hall–Kier alpha value is -4.33. The minimum atomic E-state index is -0.893. The van der Waals surface area contributed by atoms with Gasteiger partial charge in [-0.25, -0.2) is 9.98 Å². The van der Waals surface area contributed by atoms with Crippen molar-refractivity contribution in [3.8, 4) is 33.9 Å². The summed E-state index contributed by atoms with van der Waals surface area (Å²) >= 11 is 0. The van der Waals surface area contributed by atoms with Crippen molar-refractivity contribution < 1.29 is 13.9 Å². The molecular formula is C25H18FN5O2. The minimum absolute atomic E-state index is 0.112. The lowest BCUT2D eigenvalue weighted by atomic mass is 9.80. The molecule has 0 aliphatic carbocycles. The van der Waals surface area contributed by atoms with Gasteiger partial charge in [0.1, 0.15) is 12.4 Å². The van der Waals surface area contributed by atoms with E-state index in [1.54, 1.807) is 18.5 Å². The van der Waals surface area contributed by atoms with Gasteiger partial charge in [-0.15, -0.1) is 0 Å². The molecule has 8 heteroatoms. The van der Waals surface area contributed by atoms with Gasteiger partial charge in [-0.3, -0.25) is 9.97 Å². The number of nitrogens with two attached hydrogens (primary N) is 1. The van der Waals surface area contributed by atoms with Crippen molar-refractivity contribution in [2.45, 2.75) is 12.5 Å². The molecule has 0 bridgehead atoms. The molecule has 3 aromatic heterocycles. The van der Waals surface area contributed by atoms with Crippen LogP contribution in [0.15, 0.2) is 72.1 Å². The summed E-state index contributed by atoms with van der Waals surface area (Å²) < 4.78 is 25.2. The molecule has 7 nitrogen and oxygen atoms in total. The lowest BCUT2D eigenvalue weighted by molar-refractivity contribution is 0.264. The first kappa shape index (κ1) is 19.4. The molecule has 1 aromatic carbocycles. The second kappa shape index (κ2) is 7.09. The molecule has 0 saturated carbocycles. The van der Waals surface area contributed by atoms with Gasteiger partial charge in [-0.05, 0) is 55.0 Å². The minimum Gasteiger partial charge on any atom is -0.462 e. The molecule has 5 heterocycles. The summed E-state index contributed by atoms with van der Waals surface area (Å²) in [6.45, 7) is 2.16. The van der Waals surface area contributed by atoms with Crippen LogP contribution in [0.4, 0.5) is 4.39 Å². The number of aliphatic imine (C=N–C) groups is 1. The zero-order valence-corrected chi connectivity index (χ0v) is 17.6. The summed E-state index contributed by atoms with van der Waals surface area (Å²) in [5.41, 5.74) is 11.0. The van der Waals surface area contributed by atoms with E-state index in [4.69, 9.17) is 20.2 Å². The normalized spacial score (nSPS) is 18.2. The average molecular weight is 439 g/mol. The molecule has 1 spiro atoms. The van der Waals surface area contributed by atoms with E-state index in [1.165, 1.54) is 12.3 Å². The Morgan fingerprint density at radius 3 is 2.48 bits per heavy atom. The smallest absolute Gasteiger partial charge is 0.283 e. The van der Waals surface area contributed by atoms with Gasteiger partial charge in [-0.2, -0.15) is 4.39 Å². The lowest BCUT2D eigenvalue weighted by Crippen LogP contribution is -2.31. The zero-order valence-electron chi connectivity index (χ0n) is 17.6. The van der Waals surface area contributed by atoms with Gasteiger partial charge in [0.25, 0.3) is 6.02 Å². The van der Waals surface area contributed by atoms with Crippen LogP contribution in [0, 0.1) is 12.9 Å². The third-order valence-corrected chi connectivity index (χ3v) is 5.94. The maximum Gasteiger partial charge on any atom is 0.283 e. The number of aryl methyl sites for hydroxylation is 1. The number of nitrogens with zero attached hydrogens (tertiary/aromatic N) is 4. The summed E-state index contributed by atoms with van der Waals surface area (Å²) in [4.78, 5) is 17.4. The van der Waals surface area contributed by atoms with Crippen molar-refractivity contribution in [3.63, 3.8) is 0 Å². The fraction of sp³-hybridized carbons (Fsp3) is 0.120. The molecule has 1 atom stereocenters. The fourth-order valence-corrected chi connectivity index (χ4v) is 4.35. The topological polar surface area (TPSA) is 95.5 Å². The molecule has 33 heavy (non-hydrogen) atoms. The number of amidine groups is 1. The Labute approximate surface area is 188 Å². The number of aromatic nitrogens is 3. The van der Waals surface area contributed by atoms with E-state index in [0.717, 1.165) is 39.2 Å². The van der Waals surface area contributed by atoms with Gasteiger partial charge in [-0.1, -0.05) is 6.07 Å². The maximum absolute atomic E-state index is 13.3.